The van der Waals surface area contributed by atoms with Gasteiger partial charge >= 0.3 is 12.3 Å². The molecule has 4 nitrogen and oxygen atoms in total. The monoisotopic (exact) mass is 413 g/mol. The number of alkyl halides is 3. The molecule has 3 aromatic carbocycles. The van der Waals surface area contributed by atoms with Crippen molar-refractivity contribution in [3.63, 3.8) is 0 Å². The van der Waals surface area contributed by atoms with Crippen LogP contribution < -0.4 is 5.32 Å². The molecule has 7 heteroatoms. The molecule has 1 aliphatic carbocycles. The van der Waals surface area contributed by atoms with E-state index in [1.807, 2.05) is 48.5 Å². The highest BCUT2D eigenvalue weighted by Gasteiger charge is 2.33. The number of rotatable bonds is 4. The van der Waals surface area contributed by atoms with E-state index in [1.165, 1.54) is 0 Å². The Labute approximate surface area is 170 Å². The summed E-state index contributed by atoms with van der Waals surface area (Å²) in [7, 11) is 0. The van der Waals surface area contributed by atoms with E-state index in [-0.39, 0.29) is 23.8 Å². The van der Waals surface area contributed by atoms with Crippen molar-refractivity contribution in [2.45, 2.75) is 18.6 Å². The van der Waals surface area contributed by atoms with E-state index in [0.717, 1.165) is 40.5 Å². The van der Waals surface area contributed by atoms with Crippen LogP contribution in [0.25, 0.3) is 11.1 Å². The van der Waals surface area contributed by atoms with E-state index in [4.69, 9.17) is 4.74 Å². The van der Waals surface area contributed by atoms with E-state index in [1.54, 1.807) is 0 Å². The third-order valence-corrected chi connectivity index (χ3v) is 5.16. The van der Waals surface area contributed by atoms with Crippen LogP contribution >= 0.6 is 0 Å². The molecule has 4 rings (SSSR count). The highest BCUT2D eigenvalue weighted by molar-refractivity contribution is 5.79. The van der Waals surface area contributed by atoms with Crippen LogP contribution in [-0.4, -0.2) is 17.8 Å². The normalized spacial score (nSPS) is 12.9. The van der Waals surface area contributed by atoms with E-state index in [2.05, 4.69) is 5.32 Å². The van der Waals surface area contributed by atoms with E-state index in [0.29, 0.717) is 0 Å². The van der Waals surface area contributed by atoms with Crippen LogP contribution in [0.2, 0.25) is 0 Å². The van der Waals surface area contributed by atoms with Gasteiger partial charge in [0, 0.05) is 12.5 Å². The Morgan fingerprint density at radius 2 is 1.57 bits per heavy atom. The maximum Gasteiger partial charge on any atom is 0.416 e. The van der Waals surface area contributed by atoms with Crippen LogP contribution in [0.15, 0.2) is 66.7 Å². The molecule has 0 saturated carbocycles. The SMILES string of the molecule is O=C(NCc1cc(O)ccc1C(F)(F)F)OCC1c2ccccc2-c2ccccc21. The molecular weight excluding hydrogens is 395 g/mol. The van der Waals surface area contributed by atoms with Gasteiger partial charge in [0.2, 0.25) is 0 Å². The van der Waals surface area contributed by atoms with Crippen molar-refractivity contribution in [2.24, 2.45) is 0 Å². The van der Waals surface area contributed by atoms with Gasteiger partial charge in [-0.25, -0.2) is 4.79 Å². The number of alkyl carbamates (subject to hydrolysis) is 1. The van der Waals surface area contributed by atoms with Crippen molar-refractivity contribution in [3.05, 3.63) is 89.0 Å². The van der Waals surface area contributed by atoms with E-state index >= 15 is 0 Å². The zero-order valence-electron chi connectivity index (χ0n) is 15.7. The Hall–Kier alpha value is -3.48. The third kappa shape index (κ3) is 3.83. The zero-order chi connectivity index (χ0) is 21.3. The summed E-state index contributed by atoms with van der Waals surface area (Å²) >= 11 is 0. The molecule has 0 radical (unpaired) electrons. The molecule has 0 bridgehead atoms. The Morgan fingerprint density at radius 3 is 2.17 bits per heavy atom. The van der Waals surface area contributed by atoms with Gasteiger partial charge < -0.3 is 15.2 Å². The molecule has 0 aromatic heterocycles. The predicted octanol–water partition coefficient (Wildman–Crippen LogP) is 5.45. The summed E-state index contributed by atoms with van der Waals surface area (Å²) in [5.74, 6) is -0.456. The summed E-state index contributed by atoms with van der Waals surface area (Å²) in [6.07, 6.45) is -5.42. The molecule has 0 aliphatic heterocycles. The van der Waals surface area contributed by atoms with Crippen molar-refractivity contribution in [1.82, 2.24) is 5.32 Å². The molecule has 1 aliphatic rings. The van der Waals surface area contributed by atoms with Gasteiger partial charge in [0.15, 0.2) is 0 Å². The minimum absolute atomic E-state index is 0.0615. The molecule has 0 spiro atoms. The van der Waals surface area contributed by atoms with Crippen molar-refractivity contribution < 1.29 is 27.8 Å². The first-order valence-corrected chi connectivity index (χ1v) is 9.32. The lowest BCUT2D eigenvalue weighted by Crippen LogP contribution is -2.26. The third-order valence-electron chi connectivity index (χ3n) is 5.16. The molecule has 0 unspecified atom stereocenters. The second kappa shape index (κ2) is 7.74. The maximum absolute atomic E-state index is 13.1. The topological polar surface area (TPSA) is 58.6 Å². The minimum atomic E-state index is -4.59. The zero-order valence-corrected chi connectivity index (χ0v) is 15.7. The summed E-state index contributed by atoms with van der Waals surface area (Å²) in [6, 6.07) is 18.4. The number of ether oxygens (including phenoxy) is 1. The molecule has 0 heterocycles. The first-order chi connectivity index (χ1) is 14.3. The standard InChI is InChI=1S/C23H18F3NO3/c24-23(25,26)21-10-9-15(28)11-14(21)12-27-22(29)30-13-20-18-7-3-1-5-16(18)17-6-2-4-8-19(17)20/h1-11,20,28H,12-13H2,(H,27,29). The first-order valence-electron chi connectivity index (χ1n) is 9.32. The fourth-order valence-corrected chi connectivity index (χ4v) is 3.82. The number of phenolic OH excluding ortho intramolecular Hbond substituents is 1. The highest BCUT2D eigenvalue weighted by atomic mass is 19.4. The number of fused-ring (bicyclic) bond motifs is 3. The van der Waals surface area contributed by atoms with Gasteiger partial charge in [0.1, 0.15) is 12.4 Å². The molecule has 1 amide bonds. The van der Waals surface area contributed by atoms with Crippen molar-refractivity contribution in [2.75, 3.05) is 6.61 Å². The predicted molar refractivity (Wildman–Crippen MR) is 105 cm³/mol. The number of nitrogens with one attached hydrogen (secondary N) is 1. The fraction of sp³-hybridized carbons (Fsp3) is 0.174. The van der Waals surface area contributed by atoms with Gasteiger partial charge in [0.25, 0.3) is 0 Å². The Morgan fingerprint density at radius 1 is 0.967 bits per heavy atom. The molecule has 2 N–H and O–H groups in total. The van der Waals surface area contributed by atoms with Crippen LogP contribution in [0.4, 0.5) is 18.0 Å². The number of carbonyl (C=O) groups is 1. The smallest absolute Gasteiger partial charge is 0.416 e. The number of hydrogen-bond donors (Lipinski definition) is 2. The van der Waals surface area contributed by atoms with Crippen molar-refractivity contribution in [3.8, 4) is 16.9 Å². The van der Waals surface area contributed by atoms with Gasteiger partial charge in [-0.05, 0) is 46.0 Å². The summed E-state index contributed by atoms with van der Waals surface area (Å²) in [5, 5.41) is 11.8. The second-order valence-electron chi connectivity index (χ2n) is 7.02. The average molecular weight is 413 g/mol. The van der Waals surface area contributed by atoms with Crippen molar-refractivity contribution >= 4 is 6.09 Å². The van der Waals surface area contributed by atoms with Crippen molar-refractivity contribution in [1.29, 1.82) is 0 Å². The summed E-state index contributed by atoms with van der Waals surface area (Å²) in [5.41, 5.74) is 3.08. The van der Waals surface area contributed by atoms with Gasteiger partial charge in [0.05, 0.1) is 5.56 Å². The number of halogens is 3. The lowest BCUT2D eigenvalue weighted by Gasteiger charge is -2.16. The summed E-state index contributed by atoms with van der Waals surface area (Å²) < 4.78 is 44.7. The van der Waals surface area contributed by atoms with Gasteiger partial charge in [-0.1, -0.05) is 48.5 Å². The van der Waals surface area contributed by atoms with Crippen LogP contribution in [0.5, 0.6) is 5.75 Å². The summed E-state index contributed by atoms with van der Waals surface area (Å²) in [6.45, 7) is -0.355. The number of phenols is 1. The molecule has 0 fully saturated rings. The number of hydrogen-bond acceptors (Lipinski definition) is 3. The van der Waals surface area contributed by atoms with Crippen LogP contribution in [0, 0.1) is 0 Å². The lowest BCUT2D eigenvalue weighted by molar-refractivity contribution is -0.138. The molecule has 0 saturated heterocycles. The van der Waals surface area contributed by atoms with Crippen LogP contribution in [0.3, 0.4) is 0 Å². The molecule has 30 heavy (non-hydrogen) atoms. The maximum atomic E-state index is 13.1. The minimum Gasteiger partial charge on any atom is -0.508 e. The quantitative estimate of drug-likeness (QED) is 0.598. The van der Waals surface area contributed by atoms with E-state index in [9.17, 15) is 23.1 Å². The fourth-order valence-electron chi connectivity index (χ4n) is 3.82. The number of aromatic hydroxyl groups is 1. The van der Waals surface area contributed by atoms with Gasteiger partial charge in [-0.3, -0.25) is 0 Å². The molecule has 0 atom stereocenters. The number of amides is 1. The summed E-state index contributed by atoms with van der Waals surface area (Å²) in [4.78, 5) is 12.2. The average Bonchev–Trinajstić information content (AvgIpc) is 3.04. The number of carbonyl (C=O) groups excluding carboxylic acids is 1. The highest BCUT2D eigenvalue weighted by Crippen LogP contribution is 2.44. The van der Waals surface area contributed by atoms with Gasteiger partial charge in [-0.2, -0.15) is 13.2 Å². The van der Waals surface area contributed by atoms with Crippen LogP contribution in [-0.2, 0) is 17.5 Å². The Kier molecular flexibility index (Phi) is 5.11. The Balaban J connectivity index is 1.44. The Bertz CT molecular complexity index is 1050. The largest absolute Gasteiger partial charge is 0.508 e. The molecule has 154 valence electrons. The van der Waals surface area contributed by atoms with E-state index < -0.39 is 24.4 Å². The lowest BCUT2D eigenvalue weighted by atomic mass is 9.98. The first kappa shape index (κ1) is 19.8. The number of benzene rings is 3. The molecular formula is C23H18F3NO3. The second-order valence-corrected chi connectivity index (χ2v) is 7.02. The van der Waals surface area contributed by atoms with Gasteiger partial charge in [-0.15, -0.1) is 0 Å². The van der Waals surface area contributed by atoms with Crippen LogP contribution in [0.1, 0.15) is 28.2 Å². The molecule has 3 aromatic rings.